The summed E-state index contributed by atoms with van der Waals surface area (Å²) in [5, 5.41) is 3.37. The summed E-state index contributed by atoms with van der Waals surface area (Å²) in [5.74, 6) is 2.84. The molecule has 0 amide bonds. The van der Waals surface area contributed by atoms with E-state index in [-0.39, 0.29) is 0 Å². The molecule has 29 heavy (non-hydrogen) atoms. The second-order valence-electron chi connectivity index (χ2n) is 6.82. The van der Waals surface area contributed by atoms with Gasteiger partial charge in [0.25, 0.3) is 0 Å². The number of nitrogens with one attached hydrogen (secondary N) is 1. The first kappa shape index (κ1) is 22.4. The molecule has 0 spiro atoms. The Hall–Kier alpha value is -2.89. The summed E-state index contributed by atoms with van der Waals surface area (Å²) in [6.45, 7) is 6.42. The monoisotopic (exact) mass is 399 g/mol. The Labute approximate surface area is 174 Å². The summed E-state index contributed by atoms with van der Waals surface area (Å²) in [5.41, 5.74) is 3.55. The summed E-state index contributed by atoms with van der Waals surface area (Å²) >= 11 is 0. The van der Waals surface area contributed by atoms with Gasteiger partial charge in [-0.15, -0.1) is 0 Å². The van der Waals surface area contributed by atoms with Gasteiger partial charge in [-0.3, -0.25) is 4.99 Å². The second kappa shape index (κ2) is 11.2. The Bertz CT molecular complexity index is 804. The number of benzene rings is 2. The highest BCUT2D eigenvalue weighted by Gasteiger charge is 2.15. The number of aliphatic imine (C=N–C) groups is 1. The molecule has 2 aromatic rings. The maximum absolute atomic E-state index is 5.57. The van der Waals surface area contributed by atoms with Gasteiger partial charge in [-0.2, -0.15) is 0 Å². The van der Waals surface area contributed by atoms with Crippen molar-refractivity contribution >= 4 is 5.96 Å². The topological polar surface area (TPSA) is 55.3 Å². The van der Waals surface area contributed by atoms with Gasteiger partial charge in [-0.25, -0.2) is 0 Å². The van der Waals surface area contributed by atoms with Crippen molar-refractivity contribution < 1.29 is 14.2 Å². The number of aryl methyl sites for hydroxylation is 1. The minimum absolute atomic E-state index is 0.611. The van der Waals surface area contributed by atoms with Crippen molar-refractivity contribution in [3.05, 3.63) is 53.1 Å². The Morgan fingerprint density at radius 3 is 2.24 bits per heavy atom. The van der Waals surface area contributed by atoms with E-state index in [0.29, 0.717) is 23.8 Å². The van der Waals surface area contributed by atoms with Crippen molar-refractivity contribution in [2.75, 3.05) is 41.5 Å². The van der Waals surface area contributed by atoms with Gasteiger partial charge in [0.1, 0.15) is 0 Å². The lowest BCUT2D eigenvalue weighted by molar-refractivity contribution is 0.322. The van der Waals surface area contributed by atoms with Gasteiger partial charge in [-0.1, -0.05) is 35.9 Å². The highest BCUT2D eigenvalue weighted by Crippen LogP contribution is 2.39. The van der Waals surface area contributed by atoms with Crippen LogP contribution < -0.4 is 19.5 Å². The number of hydrogen-bond acceptors (Lipinski definition) is 4. The zero-order valence-corrected chi connectivity index (χ0v) is 18.4. The molecule has 0 atom stereocenters. The molecule has 0 unspecified atom stereocenters. The largest absolute Gasteiger partial charge is 0.493 e. The van der Waals surface area contributed by atoms with Crippen LogP contribution in [0.25, 0.3) is 0 Å². The SMILES string of the molecule is CCNC(=NCCc1ccc(OC)c(OC)c1OC)N(C)Cc1ccc(C)cc1. The van der Waals surface area contributed by atoms with Gasteiger partial charge in [0.05, 0.1) is 21.3 Å². The molecule has 1 N–H and O–H groups in total. The standard InChI is InChI=1S/C23H33N3O3/c1-7-24-23(26(3)16-18-10-8-17(2)9-11-18)25-15-14-19-12-13-20(27-4)22(29-6)21(19)28-5/h8-13H,7,14-16H2,1-6H3,(H,24,25). The third-order valence-electron chi connectivity index (χ3n) is 4.67. The molecule has 0 saturated carbocycles. The summed E-state index contributed by atoms with van der Waals surface area (Å²) in [7, 11) is 6.93. The van der Waals surface area contributed by atoms with Crippen LogP contribution in [0, 0.1) is 6.92 Å². The predicted octanol–water partition coefficient (Wildman–Crippen LogP) is 3.66. The Morgan fingerprint density at radius 2 is 1.66 bits per heavy atom. The number of nitrogens with zero attached hydrogens (tertiary/aromatic N) is 2. The van der Waals surface area contributed by atoms with E-state index < -0.39 is 0 Å². The van der Waals surface area contributed by atoms with Crippen molar-refractivity contribution in [1.82, 2.24) is 10.2 Å². The lowest BCUT2D eigenvalue weighted by Crippen LogP contribution is -2.38. The average Bonchev–Trinajstić information content (AvgIpc) is 2.73. The molecule has 0 aliphatic heterocycles. The van der Waals surface area contributed by atoms with Gasteiger partial charge in [-0.05, 0) is 31.9 Å². The third kappa shape index (κ3) is 6.04. The van der Waals surface area contributed by atoms with E-state index in [1.165, 1.54) is 11.1 Å². The first-order valence-electron chi connectivity index (χ1n) is 9.86. The fourth-order valence-corrected chi connectivity index (χ4v) is 3.15. The Kier molecular flexibility index (Phi) is 8.65. The van der Waals surface area contributed by atoms with Crippen molar-refractivity contribution in [2.24, 2.45) is 4.99 Å². The van der Waals surface area contributed by atoms with Gasteiger partial charge >= 0.3 is 0 Å². The zero-order valence-electron chi connectivity index (χ0n) is 18.4. The lowest BCUT2D eigenvalue weighted by atomic mass is 10.1. The summed E-state index contributed by atoms with van der Waals surface area (Å²) in [6.07, 6.45) is 0.733. The Balaban J connectivity index is 2.11. The molecule has 0 bridgehead atoms. The van der Waals surface area contributed by atoms with Crippen LogP contribution in [0.2, 0.25) is 0 Å². The van der Waals surface area contributed by atoms with Crippen LogP contribution in [-0.4, -0.2) is 52.3 Å². The average molecular weight is 400 g/mol. The molecular formula is C23H33N3O3. The van der Waals surface area contributed by atoms with Crippen molar-refractivity contribution in [2.45, 2.75) is 26.8 Å². The van der Waals surface area contributed by atoms with E-state index in [1.807, 2.05) is 12.1 Å². The van der Waals surface area contributed by atoms with Crippen LogP contribution in [0.1, 0.15) is 23.6 Å². The molecule has 0 heterocycles. The summed E-state index contributed by atoms with van der Waals surface area (Å²) in [4.78, 5) is 6.94. The molecule has 6 nitrogen and oxygen atoms in total. The van der Waals surface area contributed by atoms with Crippen molar-refractivity contribution in [3.8, 4) is 17.2 Å². The highest BCUT2D eigenvalue weighted by molar-refractivity contribution is 5.79. The number of rotatable bonds is 9. The van der Waals surface area contributed by atoms with Gasteiger partial charge in [0, 0.05) is 32.2 Å². The van der Waals surface area contributed by atoms with Gasteiger partial charge < -0.3 is 24.4 Å². The fourth-order valence-electron chi connectivity index (χ4n) is 3.15. The van der Waals surface area contributed by atoms with E-state index in [2.05, 4.69) is 55.4 Å². The molecule has 0 aliphatic carbocycles. The molecule has 6 heteroatoms. The third-order valence-corrected chi connectivity index (χ3v) is 4.67. The van der Waals surface area contributed by atoms with Crippen LogP contribution in [0.5, 0.6) is 17.2 Å². The Morgan fingerprint density at radius 1 is 0.966 bits per heavy atom. The highest BCUT2D eigenvalue weighted by atomic mass is 16.5. The van der Waals surface area contributed by atoms with Crippen LogP contribution in [0.15, 0.2) is 41.4 Å². The van der Waals surface area contributed by atoms with Crippen LogP contribution >= 0.6 is 0 Å². The van der Waals surface area contributed by atoms with E-state index in [4.69, 9.17) is 19.2 Å². The zero-order chi connectivity index (χ0) is 21.2. The van der Waals surface area contributed by atoms with Crippen molar-refractivity contribution in [3.63, 3.8) is 0 Å². The molecule has 2 aromatic carbocycles. The van der Waals surface area contributed by atoms with Gasteiger partial charge in [0.2, 0.25) is 5.75 Å². The first-order chi connectivity index (χ1) is 14.0. The van der Waals surface area contributed by atoms with Crippen LogP contribution in [0.4, 0.5) is 0 Å². The number of hydrogen-bond donors (Lipinski definition) is 1. The molecule has 0 saturated heterocycles. The summed E-state index contributed by atoms with van der Waals surface area (Å²) in [6, 6.07) is 12.5. The first-order valence-corrected chi connectivity index (χ1v) is 9.86. The van der Waals surface area contributed by atoms with Gasteiger partial charge in [0.15, 0.2) is 17.5 Å². The molecule has 0 aromatic heterocycles. The van der Waals surface area contributed by atoms with E-state index in [1.54, 1.807) is 21.3 Å². The molecular weight excluding hydrogens is 366 g/mol. The molecule has 0 aliphatic rings. The van der Waals surface area contributed by atoms with E-state index >= 15 is 0 Å². The summed E-state index contributed by atoms with van der Waals surface area (Å²) < 4.78 is 16.4. The predicted molar refractivity (Wildman–Crippen MR) is 118 cm³/mol. The van der Waals surface area contributed by atoms with Crippen LogP contribution in [-0.2, 0) is 13.0 Å². The number of guanidine groups is 1. The molecule has 158 valence electrons. The van der Waals surface area contributed by atoms with E-state index in [0.717, 1.165) is 31.0 Å². The minimum Gasteiger partial charge on any atom is -0.493 e. The maximum atomic E-state index is 5.57. The van der Waals surface area contributed by atoms with E-state index in [9.17, 15) is 0 Å². The molecule has 0 radical (unpaired) electrons. The smallest absolute Gasteiger partial charge is 0.203 e. The normalized spacial score (nSPS) is 11.2. The minimum atomic E-state index is 0.611. The van der Waals surface area contributed by atoms with Crippen molar-refractivity contribution in [1.29, 1.82) is 0 Å². The lowest BCUT2D eigenvalue weighted by Gasteiger charge is -2.22. The molecule has 2 rings (SSSR count). The number of methoxy groups -OCH3 is 3. The second-order valence-corrected chi connectivity index (χ2v) is 6.82. The molecule has 0 fully saturated rings. The van der Waals surface area contributed by atoms with Crippen LogP contribution in [0.3, 0.4) is 0 Å². The fraction of sp³-hybridized carbons (Fsp3) is 0.435. The maximum Gasteiger partial charge on any atom is 0.203 e. The number of ether oxygens (including phenoxy) is 3. The quantitative estimate of drug-likeness (QED) is 0.515.